The van der Waals surface area contributed by atoms with Crippen molar-refractivity contribution in [3.63, 3.8) is 0 Å². The summed E-state index contributed by atoms with van der Waals surface area (Å²) in [4.78, 5) is 12.9. The molecule has 0 radical (unpaired) electrons. The van der Waals surface area contributed by atoms with Crippen LogP contribution in [-0.2, 0) is 17.5 Å². The van der Waals surface area contributed by atoms with Gasteiger partial charge in [0.05, 0.1) is 11.5 Å². The van der Waals surface area contributed by atoms with E-state index in [1.165, 1.54) is 6.07 Å². The van der Waals surface area contributed by atoms with Crippen molar-refractivity contribution in [1.82, 2.24) is 4.90 Å². The summed E-state index contributed by atoms with van der Waals surface area (Å²) in [5.74, 6) is -1.26. The molecule has 1 aliphatic heterocycles. The van der Waals surface area contributed by atoms with E-state index in [-0.39, 0.29) is 0 Å². The van der Waals surface area contributed by atoms with Crippen molar-refractivity contribution < 1.29 is 23.1 Å². The third-order valence-electron chi connectivity index (χ3n) is 3.52. The Morgan fingerprint density at radius 1 is 1.40 bits per heavy atom. The number of carbonyl (C=O) groups is 1. The fraction of sp³-hybridized carbons (Fsp3) is 0.500. The lowest BCUT2D eigenvalue weighted by atomic mass is 9.97. The predicted molar refractivity (Wildman–Crippen MR) is 67.1 cm³/mol. The van der Waals surface area contributed by atoms with E-state index in [0.29, 0.717) is 25.1 Å². The molecule has 0 aromatic heterocycles. The molecule has 1 saturated heterocycles. The van der Waals surface area contributed by atoms with Gasteiger partial charge in [-0.05, 0) is 31.0 Å². The molecule has 0 unspecified atom stereocenters. The van der Waals surface area contributed by atoms with Crippen LogP contribution in [0.25, 0.3) is 0 Å². The van der Waals surface area contributed by atoms with Gasteiger partial charge in [-0.15, -0.1) is 0 Å². The van der Waals surface area contributed by atoms with Crippen LogP contribution in [0.2, 0.25) is 0 Å². The molecule has 0 spiro atoms. The van der Waals surface area contributed by atoms with Gasteiger partial charge in [-0.25, -0.2) is 0 Å². The van der Waals surface area contributed by atoms with Crippen LogP contribution in [-0.4, -0.2) is 29.1 Å². The van der Waals surface area contributed by atoms with E-state index in [4.69, 9.17) is 5.11 Å². The SMILES string of the molecule is O=C(O)[C@H]1CCCN(Cc2cccc(C(F)(F)F)c2)C1. The first kappa shape index (κ1) is 14.8. The Balaban J connectivity index is 2.04. The first-order valence-corrected chi connectivity index (χ1v) is 6.47. The summed E-state index contributed by atoms with van der Waals surface area (Å²) in [5, 5.41) is 9.00. The number of likely N-dealkylation sites (tertiary alicyclic amines) is 1. The molecule has 0 aliphatic carbocycles. The molecule has 0 amide bonds. The maximum atomic E-state index is 12.6. The normalized spacial score (nSPS) is 20.9. The van der Waals surface area contributed by atoms with Crippen LogP contribution < -0.4 is 0 Å². The maximum Gasteiger partial charge on any atom is 0.416 e. The lowest BCUT2D eigenvalue weighted by molar-refractivity contribution is -0.143. The molecule has 1 fully saturated rings. The molecule has 1 heterocycles. The summed E-state index contributed by atoms with van der Waals surface area (Å²) in [5.41, 5.74) is -0.104. The Morgan fingerprint density at radius 3 is 2.80 bits per heavy atom. The molecular weight excluding hydrogens is 271 g/mol. The van der Waals surface area contributed by atoms with E-state index in [1.54, 1.807) is 6.07 Å². The number of aliphatic carboxylic acids is 1. The summed E-state index contributed by atoms with van der Waals surface area (Å²) in [6.07, 6.45) is -2.95. The van der Waals surface area contributed by atoms with Crippen molar-refractivity contribution in [3.05, 3.63) is 35.4 Å². The Hall–Kier alpha value is -1.56. The second-order valence-electron chi connectivity index (χ2n) is 5.11. The lowest BCUT2D eigenvalue weighted by Gasteiger charge is -2.30. The molecular formula is C14H16F3NO2. The summed E-state index contributed by atoms with van der Waals surface area (Å²) >= 11 is 0. The molecule has 20 heavy (non-hydrogen) atoms. The third kappa shape index (κ3) is 3.72. The van der Waals surface area contributed by atoms with Gasteiger partial charge in [0.1, 0.15) is 0 Å². The van der Waals surface area contributed by atoms with Crippen molar-refractivity contribution >= 4 is 5.97 Å². The van der Waals surface area contributed by atoms with Crippen LogP contribution in [0.5, 0.6) is 0 Å². The number of nitrogens with zero attached hydrogens (tertiary/aromatic N) is 1. The summed E-state index contributed by atoms with van der Waals surface area (Å²) < 4.78 is 37.9. The van der Waals surface area contributed by atoms with Crippen LogP contribution in [0.1, 0.15) is 24.0 Å². The zero-order chi connectivity index (χ0) is 14.8. The molecule has 1 atom stereocenters. The van der Waals surface area contributed by atoms with Crippen LogP contribution in [0.3, 0.4) is 0 Å². The minimum absolute atomic E-state index is 0.355. The molecule has 1 N–H and O–H groups in total. The Bertz CT molecular complexity index is 488. The number of carboxylic acid groups (broad SMARTS) is 1. The highest BCUT2D eigenvalue weighted by atomic mass is 19.4. The summed E-state index contributed by atoms with van der Waals surface area (Å²) in [6, 6.07) is 5.19. The number of piperidine rings is 1. The van der Waals surface area contributed by atoms with Crippen LogP contribution >= 0.6 is 0 Å². The van der Waals surface area contributed by atoms with Gasteiger partial charge in [-0.2, -0.15) is 13.2 Å². The van der Waals surface area contributed by atoms with Gasteiger partial charge in [-0.1, -0.05) is 18.2 Å². The van der Waals surface area contributed by atoms with Gasteiger partial charge in [0.25, 0.3) is 0 Å². The molecule has 1 aromatic carbocycles. The van der Waals surface area contributed by atoms with Crippen LogP contribution in [0.4, 0.5) is 13.2 Å². The maximum absolute atomic E-state index is 12.6. The van der Waals surface area contributed by atoms with Gasteiger partial charge in [-0.3, -0.25) is 9.69 Å². The summed E-state index contributed by atoms with van der Waals surface area (Å²) in [7, 11) is 0. The largest absolute Gasteiger partial charge is 0.481 e. The van der Waals surface area contributed by atoms with E-state index >= 15 is 0 Å². The number of alkyl halides is 3. The molecule has 0 saturated carbocycles. The second kappa shape index (κ2) is 5.83. The van der Waals surface area contributed by atoms with Gasteiger partial charge < -0.3 is 5.11 Å². The highest BCUT2D eigenvalue weighted by Crippen LogP contribution is 2.30. The number of benzene rings is 1. The van der Waals surface area contributed by atoms with Crippen LogP contribution in [0, 0.1) is 5.92 Å². The number of hydrogen-bond acceptors (Lipinski definition) is 2. The molecule has 3 nitrogen and oxygen atoms in total. The topological polar surface area (TPSA) is 40.5 Å². The van der Waals surface area contributed by atoms with E-state index < -0.39 is 23.6 Å². The Morgan fingerprint density at radius 2 is 2.15 bits per heavy atom. The number of halogens is 3. The minimum Gasteiger partial charge on any atom is -0.481 e. The van der Waals surface area contributed by atoms with Crippen molar-refractivity contribution in [3.8, 4) is 0 Å². The van der Waals surface area contributed by atoms with Crippen LogP contribution in [0.15, 0.2) is 24.3 Å². The third-order valence-corrected chi connectivity index (χ3v) is 3.52. The minimum atomic E-state index is -4.35. The predicted octanol–water partition coefficient (Wildman–Crippen LogP) is 3.00. The van der Waals surface area contributed by atoms with E-state index in [1.807, 2.05) is 4.90 Å². The zero-order valence-corrected chi connectivity index (χ0v) is 10.9. The van der Waals surface area contributed by atoms with Crippen molar-refractivity contribution in [2.45, 2.75) is 25.6 Å². The average Bonchev–Trinajstić information content (AvgIpc) is 2.38. The highest BCUT2D eigenvalue weighted by Gasteiger charge is 2.31. The molecule has 2 rings (SSSR count). The van der Waals surface area contributed by atoms with Crippen molar-refractivity contribution in [2.75, 3.05) is 13.1 Å². The van der Waals surface area contributed by atoms with Gasteiger partial charge >= 0.3 is 12.1 Å². The molecule has 110 valence electrons. The van der Waals surface area contributed by atoms with Crippen molar-refractivity contribution in [1.29, 1.82) is 0 Å². The first-order valence-electron chi connectivity index (χ1n) is 6.47. The molecule has 1 aromatic rings. The fourth-order valence-electron chi connectivity index (χ4n) is 2.50. The quantitative estimate of drug-likeness (QED) is 0.929. The van der Waals surface area contributed by atoms with Crippen molar-refractivity contribution in [2.24, 2.45) is 5.92 Å². The second-order valence-corrected chi connectivity index (χ2v) is 5.11. The number of carboxylic acids is 1. The first-order chi connectivity index (χ1) is 9.36. The fourth-order valence-corrected chi connectivity index (χ4v) is 2.50. The molecule has 1 aliphatic rings. The standard InChI is InChI=1S/C14H16F3NO2/c15-14(16,17)12-5-1-3-10(7-12)8-18-6-2-4-11(9-18)13(19)20/h1,3,5,7,11H,2,4,6,8-9H2,(H,19,20)/t11-/m0/s1. The Labute approximate surface area is 115 Å². The zero-order valence-electron chi connectivity index (χ0n) is 10.9. The van der Waals surface area contributed by atoms with E-state index in [2.05, 4.69) is 0 Å². The number of rotatable bonds is 3. The van der Waals surface area contributed by atoms with E-state index in [9.17, 15) is 18.0 Å². The molecule has 0 bridgehead atoms. The number of hydrogen-bond donors (Lipinski definition) is 1. The smallest absolute Gasteiger partial charge is 0.416 e. The molecule has 6 heteroatoms. The summed E-state index contributed by atoms with van der Waals surface area (Å²) in [6.45, 7) is 1.47. The van der Waals surface area contributed by atoms with Gasteiger partial charge in [0.15, 0.2) is 0 Å². The van der Waals surface area contributed by atoms with E-state index in [0.717, 1.165) is 25.1 Å². The van der Waals surface area contributed by atoms with Gasteiger partial charge in [0.2, 0.25) is 0 Å². The average molecular weight is 287 g/mol. The highest BCUT2D eigenvalue weighted by molar-refractivity contribution is 5.70. The monoisotopic (exact) mass is 287 g/mol. The Kier molecular flexibility index (Phi) is 4.32. The lowest BCUT2D eigenvalue weighted by Crippen LogP contribution is -2.38. The van der Waals surface area contributed by atoms with Gasteiger partial charge in [0, 0.05) is 13.1 Å².